The number of nitrogens with one attached hydrogen (secondary N) is 1. The van der Waals surface area contributed by atoms with E-state index in [-0.39, 0.29) is 18.0 Å². The van der Waals surface area contributed by atoms with Crippen LogP contribution in [0.25, 0.3) is 0 Å². The Balaban J connectivity index is 2.12. The Kier molecular flexibility index (Phi) is 10.0. The first-order valence-electron chi connectivity index (χ1n) is 7.79. The highest BCUT2D eigenvalue weighted by Gasteiger charge is 2.36. The summed E-state index contributed by atoms with van der Waals surface area (Å²) in [5.74, 6) is 0.565. The predicted molar refractivity (Wildman–Crippen MR) is 85.4 cm³/mol. The number of aliphatic hydroxyl groups excluding tert-OH is 3. The molecule has 0 aromatic heterocycles. The third-order valence-corrected chi connectivity index (χ3v) is 4.67. The van der Waals surface area contributed by atoms with Gasteiger partial charge in [0.05, 0.1) is 12.7 Å². The van der Waals surface area contributed by atoms with Crippen LogP contribution in [0.15, 0.2) is 0 Å². The number of unbranched alkanes of at least 4 members (excludes halogenated alkanes) is 2. The highest BCUT2D eigenvalue weighted by Crippen LogP contribution is 2.28. The number of hydrogen-bond donors (Lipinski definition) is 5. The molecule has 130 valence electrons. The van der Waals surface area contributed by atoms with Crippen LogP contribution >= 0.6 is 11.8 Å². The van der Waals surface area contributed by atoms with Gasteiger partial charge in [0.25, 0.3) is 0 Å². The van der Waals surface area contributed by atoms with Gasteiger partial charge in [-0.2, -0.15) is 0 Å². The highest BCUT2D eigenvalue weighted by atomic mass is 32.2. The van der Waals surface area contributed by atoms with Gasteiger partial charge in [0.2, 0.25) is 5.91 Å². The van der Waals surface area contributed by atoms with Crippen molar-refractivity contribution in [1.29, 1.82) is 0 Å². The number of hydrogen-bond acceptors (Lipinski definition) is 7. The lowest BCUT2D eigenvalue weighted by Gasteiger charge is -2.36. The van der Waals surface area contributed by atoms with Crippen LogP contribution in [0.1, 0.15) is 32.1 Å². The first kappa shape index (κ1) is 19.7. The molecule has 1 saturated heterocycles. The van der Waals surface area contributed by atoms with E-state index < -0.39 is 18.3 Å². The third-order valence-electron chi connectivity index (χ3n) is 3.55. The molecule has 0 aromatic rings. The molecule has 1 fully saturated rings. The summed E-state index contributed by atoms with van der Waals surface area (Å²) < 4.78 is 5.48. The van der Waals surface area contributed by atoms with E-state index in [0.717, 1.165) is 19.3 Å². The number of amides is 1. The Morgan fingerprint density at radius 1 is 1.32 bits per heavy atom. The van der Waals surface area contributed by atoms with E-state index in [1.165, 1.54) is 11.8 Å². The maximum atomic E-state index is 11.6. The van der Waals surface area contributed by atoms with Crippen LogP contribution in [0.2, 0.25) is 0 Å². The first-order valence-corrected chi connectivity index (χ1v) is 8.84. The molecule has 1 amide bonds. The van der Waals surface area contributed by atoms with Gasteiger partial charge in [-0.15, -0.1) is 11.8 Å². The molecule has 7 nitrogen and oxygen atoms in total. The van der Waals surface area contributed by atoms with Crippen molar-refractivity contribution in [2.24, 2.45) is 5.73 Å². The van der Waals surface area contributed by atoms with E-state index in [1.54, 1.807) is 0 Å². The second-order valence-corrected chi connectivity index (χ2v) is 6.67. The number of aliphatic hydroxyl groups is 3. The van der Waals surface area contributed by atoms with Gasteiger partial charge in [-0.1, -0.05) is 6.42 Å². The average Bonchev–Trinajstić information content (AvgIpc) is 2.50. The van der Waals surface area contributed by atoms with Crippen molar-refractivity contribution in [3.05, 3.63) is 0 Å². The summed E-state index contributed by atoms with van der Waals surface area (Å²) >= 11 is 1.42. The molecule has 8 heteroatoms. The third kappa shape index (κ3) is 7.26. The Morgan fingerprint density at radius 3 is 2.77 bits per heavy atom. The fraction of sp³-hybridized carbons (Fsp3) is 0.929. The molecular formula is C14H28N2O5S. The summed E-state index contributed by atoms with van der Waals surface area (Å²) in [5.41, 5.74) is 5.08. The van der Waals surface area contributed by atoms with Crippen molar-refractivity contribution < 1.29 is 24.9 Å². The van der Waals surface area contributed by atoms with Crippen LogP contribution in [-0.2, 0) is 9.53 Å². The maximum Gasteiger partial charge on any atom is 0.220 e. The molecule has 1 rings (SSSR count). The number of rotatable bonds is 10. The molecule has 0 aromatic carbocycles. The molecule has 1 aliphatic heterocycles. The van der Waals surface area contributed by atoms with Crippen molar-refractivity contribution in [3.8, 4) is 0 Å². The Hall–Kier alpha value is -0.380. The van der Waals surface area contributed by atoms with Crippen LogP contribution in [0.4, 0.5) is 0 Å². The number of nitrogens with two attached hydrogens (primary N) is 1. The number of carbonyl (C=O) groups excluding carboxylic acids is 1. The highest BCUT2D eigenvalue weighted by molar-refractivity contribution is 7.99. The van der Waals surface area contributed by atoms with Gasteiger partial charge >= 0.3 is 0 Å². The lowest BCUT2D eigenvalue weighted by atomic mass is 10.0. The largest absolute Gasteiger partial charge is 0.394 e. The van der Waals surface area contributed by atoms with Crippen LogP contribution in [0.3, 0.4) is 0 Å². The second-order valence-electron chi connectivity index (χ2n) is 5.40. The molecule has 0 aliphatic carbocycles. The second kappa shape index (κ2) is 11.2. The van der Waals surface area contributed by atoms with Crippen molar-refractivity contribution >= 4 is 17.7 Å². The lowest BCUT2D eigenvalue weighted by Crippen LogP contribution is -2.49. The van der Waals surface area contributed by atoms with Gasteiger partial charge in [-0.05, 0) is 19.4 Å². The maximum absolute atomic E-state index is 11.6. The minimum Gasteiger partial charge on any atom is -0.394 e. The van der Waals surface area contributed by atoms with Crippen LogP contribution in [0.5, 0.6) is 0 Å². The number of thioether (sulfide) groups is 1. The molecular weight excluding hydrogens is 308 g/mol. The summed E-state index contributed by atoms with van der Waals surface area (Å²) in [5, 5.41) is 31.3. The minimum absolute atomic E-state index is 0.00431. The summed E-state index contributed by atoms with van der Waals surface area (Å²) in [6.07, 6.45) is 0.877. The van der Waals surface area contributed by atoms with Gasteiger partial charge in [0.1, 0.15) is 17.6 Å². The minimum atomic E-state index is -1.06. The van der Waals surface area contributed by atoms with Gasteiger partial charge in [0.15, 0.2) is 0 Å². The summed E-state index contributed by atoms with van der Waals surface area (Å²) in [6, 6.07) is 0. The molecule has 0 saturated carbocycles. The van der Waals surface area contributed by atoms with Gasteiger partial charge < -0.3 is 31.1 Å². The van der Waals surface area contributed by atoms with Gasteiger partial charge in [0, 0.05) is 25.1 Å². The lowest BCUT2D eigenvalue weighted by molar-refractivity contribution is -0.157. The number of carbonyl (C=O) groups is 1. The van der Waals surface area contributed by atoms with E-state index in [4.69, 9.17) is 15.6 Å². The van der Waals surface area contributed by atoms with Crippen molar-refractivity contribution in [2.75, 3.05) is 25.4 Å². The van der Waals surface area contributed by atoms with Crippen LogP contribution in [0, 0.1) is 0 Å². The topological polar surface area (TPSA) is 125 Å². The number of ether oxygens (including phenoxy) is 1. The van der Waals surface area contributed by atoms with E-state index in [1.807, 2.05) is 0 Å². The Labute approximate surface area is 135 Å². The van der Waals surface area contributed by atoms with Gasteiger partial charge in [-0.3, -0.25) is 4.79 Å². The predicted octanol–water partition coefficient (Wildman–Crippen LogP) is -0.816. The normalized spacial score (nSPS) is 28.5. The van der Waals surface area contributed by atoms with E-state index in [2.05, 4.69) is 5.32 Å². The molecule has 6 N–H and O–H groups in total. The fourth-order valence-electron chi connectivity index (χ4n) is 2.22. The molecule has 0 spiro atoms. The summed E-state index contributed by atoms with van der Waals surface area (Å²) in [7, 11) is 0. The van der Waals surface area contributed by atoms with Crippen LogP contribution < -0.4 is 11.1 Å². The first-order chi connectivity index (χ1) is 10.6. The van der Waals surface area contributed by atoms with Crippen molar-refractivity contribution in [1.82, 2.24) is 5.32 Å². The Bertz CT molecular complexity index is 322. The molecule has 4 unspecified atom stereocenters. The molecule has 22 heavy (non-hydrogen) atoms. The Morgan fingerprint density at radius 2 is 2.09 bits per heavy atom. The smallest absolute Gasteiger partial charge is 0.220 e. The molecule has 4 atom stereocenters. The molecule has 0 radical (unpaired) electrons. The van der Waals surface area contributed by atoms with Crippen molar-refractivity contribution in [2.45, 2.75) is 55.9 Å². The van der Waals surface area contributed by atoms with Gasteiger partial charge in [-0.25, -0.2) is 0 Å². The zero-order chi connectivity index (χ0) is 16.4. The summed E-state index contributed by atoms with van der Waals surface area (Å²) in [4.78, 5) is 11.6. The van der Waals surface area contributed by atoms with E-state index in [0.29, 0.717) is 31.7 Å². The molecule has 0 bridgehead atoms. The summed E-state index contributed by atoms with van der Waals surface area (Å²) in [6.45, 7) is 1.01. The fourth-order valence-corrected chi connectivity index (χ4v) is 3.34. The SMILES string of the molecule is NCCCCCNC(=O)CCSC1CC(O)C(O)C(CO)O1. The standard InChI is InChI=1S/C14H28N2O5S/c15-5-2-1-3-6-16-12(19)4-7-22-13-8-10(18)14(20)11(9-17)21-13/h10-11,13-14,17-18,20H,1-9,15H2,(H,16,19). The molecule has 1 aliphatic rings. The average molecular weight is 336 g/mol. The van der Waals surface area contributed by atoms with Crippen molar-refractivity contribution in [3.63, 3.8) is 0 Å². The van der Waals surface area contributed by atoms with E-state index >= 15 is 0 Å². The zero-order valence-electron chi connectivity index (χ0n) is 12.8. The monoisotopic (exact) mass is 336 g/mol. The van der Waals surface area contributed by atoms with E-state index in [9.17, 15) is 15.0 Å². The molecule has 1 heterocycles. The zero-order valence-corrected chi connectivity index (χ0v) is 13.6. The quantitative estimate of drug-likeness (QED) is 0.330. The van der Waals surface area contributed by atoms with Crippen LogP contribution in [-0.4, -0.2) is 70.4 Å².